The van der Waals surface area contributed by atoms with Crippen LogP contribution in [-0.2, 0) is 16.0 Å². The number of benzene rings is 1. The van der Waals surface area contributed by atoms with Crippen LogP contribution in [0.2, 0.25) is 0 Å². The molecule has 2 aromatic rings. The summed E-state index contributed by atoms with van der Waals surface area (Å²) in [6.07, 6.45) is 3.09. The molecule has 6 nitrogen and oxygen atoms in total. The molecule has 0 aliphatic heterocycles. The third kappa shape index (κ3) is 4.82. The zero-order valence-corrected chi connectivity index (χ0v) is 14.0. The molecule has 1 heterocycles. The van der Waals surface area contributed by atoms with E-state index in [4.69, 9.17) is 5.11 Å². The Morgan fingerprint density at radius 1 is 1.29 bits per heavy atom. The molecule has 128 valence electrons. The molecule has 0 aliphatic carbocycles. The number of aromatic nitrogens is 2. The molecular weight excluding hydrogens is 333 g/mol. The first-order valence-electron chi connectivity index (χ1n) is 7.43. The monoisotopic (exact) mass is 351 g/mol. The second-order valence-corrected chi connectivity index (χ2v) is 6.06. The molecule has 0 unspecified atom stereocenters. The minimum Gasteiger partial charge on any atom is -0.481 e. The molecule has 24 heavy (non-hydrogen) atoms. The Labute approximate surface area is 143 Å². The average molecular weight is 351 g/mol. The summed E-state index contributed by atoms with van der Waals surface area (Å²) >= 11 is 1.03. The third-order valence-electron chi connectivity index (χ3n) is 3.16. The zero-order valence-electron chi connectivity index (χ0n) is 13.2. The van der Waals surface area contributed by atoms with Gasteiger partial charge in [0.15, 0.2) is 0 Å². The van der Waals surface area contributed by atoms with E-state index in [1.807, 2.05) is 6.92 Å². The Balaban J connectivity index is 2.14. The molecule has 0 fully saturated rings. The van der Waals surface area contributed by atoms with Crippen LogP contribution in [0, 0.1) is 5.82 Å². The third-order valence-corrected chi connectivity index (χ3v) is 4.08. The maximum atomic E-state index is 13.1. The predicted molar refractivity (Wildman–Crippen MR) is 91.1 cm³/mol. The fourth-order valence-corrected chi connectivity index (χ4v) is 2.71. The molecule has 0 atom stereocenters. The van der Waals surface area contributed by atoms with Gasteiger partial charge in [0.1, 0.15) is 5.82 Å². The number of anilines is 1. The lowest BCUT2D eigenvalue weighted by atomic mass is 10.2. The molecule has 8 heteroatoms. The van der Waals surface area contributed by atoms with Crippen molar-refractivity contribution in [1.29, 1.82) is 0 Å². The molecule has 1 aromatic carbocycles. The van der Waals surface area contributed by atoms with Crippen molar-refractivity contribution in [1.82, 2.24) is 9.78 Å². The molecule has 1 aromatic heterocycles. The lowest BCUT2D eigenvalue weighted by Gasteiger charge is -2.10. The molecule has 0 spiro atoms. The van der Waals surface area contributed by atoms with E-state index in [2.05, 4.69) is 10.4 Å². The Morgan fingerprint density at radius 3 is 2.62 bits per heavy atom. The molecule has 0 radical (unpaired) electrons. The van der Waals surface area contributed by atoms with Gasteiger partial charge in [0.05, 0.1) is 34.8 Å². The molecule has 2 N–H and O–H groups in total. The highest BCUT2D eigenvalue weighted by Gasteiger charge is 2.14. The number of carbonyl (C=O) groups excluding carboxylic acids is 1. The van der Waals surface area contributed by atoms with E-state index in [0.717, 1.165) is 23.9 Å². The summed E-state index contributed by atoms with van der Waals surface area (Å²) in [4.78, 5) is 22.4. The highest BCUT2D eigenvalue weighted by atomic mass is 32.2. The number of aliphatic carboxylic acids is 1. The van der Waals surface area contributed by atoms with Crippen molar-refractivity contribution >= 4 is 29.3 Å². The number of halogens is 1. The normalized spacial score (nSPS) is 10.6. The highest BCUT2D eigenvalue weighted by molar-refractivity contribution is 8.00. The standard InChI is InChI=1S/C16H18FN3O3S/c1-2-3-14-13(19-15(21)9-24-10-16(22)23)8-18-20(14)12-6-4-11(17)5-7-12/h4-8H,2-3,9-10H2,1H3,(H,19,21)(H,22,23). The Morgan fingerprint density at radius 2 is 2.00 bits per heavy atom. The number of carbonyl (C=O) groups is 2. The van der Waals surface area contributed by atoms with Crippen LogP contribution in [0.4, 0.5) is 10.1 Å². The molecule has 2 rings (SSSR count). The van der Waals surface area contributed by atoms with E-state index in [1.54, 1.807) is 23.0 Å². The van der Waals surface area contributed by atoms with Gasteiger partial charge in [-0.25, -0.2) is 9.07 Å². The van der Waals surface area contributed by atoms with Crippen molar-refractivity contribution in [3.05, 3.63) is 42.0 Å². The summed E-state index contributed by atoms with van der Waals surface area (Å²) in [6.45, 7) is 2.01. The van der Waals surface area contributed by atoms with Crippen LogP contribution in [-0.4, -0.2) is 38.3 Å². The van der Waals surface area contributed by atoms with E-state index < -0.39 is 5.97 Å². The van der Waals surface area contributed by atoms with Crippen molar-refractivity contribution in [2.24, 2.45) is 0 Å². The van der Waals surface area contributed by atoms with Gasteiger partial charge in [-0.1, -0.05) is 13.3 Å². The molecule has 0 saturated heterocycles. The van der Waals surface area contributed by atoms with E-state index in [9.17, 15) is 14.0 Å². The van der Waals surface area contributed by atoms with Gasteiger partial charge in [-0.05, 0) is 30.7 Å². The summed E-state index contributed by atoms with van der Waals surface area (Å²) in [5, 5.41) is 15.6. The minimum atomic E-state index is -0.955. The van der Waals surface area contributed by atoms with Gasteiger partial charge in [0.2, 0.25) is 5.91 Å². The Kier molecular flexibility index (Phi) is 6.36. The zero-order chi connectivity index (χ0) is 17.5. The van der Waals surface area contributed by atoms with Crippen molar-refractivity contribution in [2.45, 2.75) is 19.8 Å². The van der Waals surface area contributed by atoms with Gasteiger partial charge < -0.3 is 10.4 Å². The first-order chi connectivity index (χ1) is 11.5. The van der Waals surface area contributed by atoms with Gasteiger partial charge in [0.25, 0.3) is 0 Å². The van der Waals surface area contributed by atoms with Crippen LogP contribution in [0.25, 0.3) is 5.69 Å². The summed E-state index contributed by atoms with van der Waals surface area (Å²) in [5.74, 6) is -1.63. The fraction of sp³-hybridized carbons (Fsp3) is 0.312. The molecule has 0 bridgehead atoms. The van der Waals surface area contributed by atoms with Crippen LogP contribution >= 0.6 is 11.8 Å². The number of hydrogen-bond donors (Lipinski definition) is 2. The van der Waals surface area contributed by atoms with Gasteiger partial charge in [-0.3, -0.25) is 9.59 Å². The predicted octanol–water partition coefficient (Wildman–Crippen LogP) is 2.72. The number of hydrogen-bond acceptors (Lipinski definition) is 4. The van der Waals surface area contributed by atoms with E-state index in [0.29, 0.717) is 17.8 Å². The number of rotatable bonds is 8. The van der Waals surface area contributed by atoms with Crippen LogP contribution in [0.3, 0.4) is 0 Å². The van der Waals surface area contributed by atoms with Gasteiger partial charge in [-0.15, -0.1) is 11.8 Å². The van der Waals surface area contributed by atoms with Crippen LogP contribution in [0.1, 0.15) is 19.0 Å². The number of thioether (sulfide) groups is 1. The number of carboxylic acid groups (broad SMARTS) is 1. The fourth-order valence-electron chi connectivity index (χ4n) is 2.18. The number of carboxylic acids is 1. The molecular formula is C16H18FN3O3S. The SMILES string of the molecule is CCCc1c(NC(=O)CSCC(=O)O)cnn1-c1ccc(F)cc1. The van der Waals surface area contributed by atoms with Crippen LogP contribution in [0.15, 0.2) is 30.5 Å². The van der Waals surface area contributed by atoms with Crippen LogP contribution < -0.4 is 5.32 Å². The van der Waals surface area contributed by atoms with Gasteiger partial charge >= 0.3 is 5.97 Å². The van der Waals surface area contributed by atoms with Gasteiger partial charge in [0, 0.05) is 0 Å². The van der Waals surface area contributed by atoms with Crippen molar-refractivity contribution in [3.8, 4) is 5.69 Å². The van der Waals surface area contributed by atoms with Gasteiger partial charge in [-0.2, -0.15) is 5.10 Å². The lowest BCUT2D eigenvalue weighted by molar-refractivity contribution is -0.133. The number of nitrogens with one attached hydrogen (secondary N) is 1. The van der Waals surface area contributed by atoms with E-state index >= 15 is 0 Å². The Hall–Kier alpha value is -2.35. The smallest absolute Gasteiger partial charge is 0.313 e. The van der Waals surface area contributed by atoms with E-state index in [-0.39, 0.29) is 23.2 Å². The molecule has 0 saturated carbocycles. The lowest BCUT2D eigenvalue weighted by Crippen LogP contribution is -2.16. The maximum absolute atomic E-state index is 13.1. The van der Waals surface area contributed by atoms with E-state index in [1.165, 1.54) is 12.1 Å². The second kappa shape index (κ2) is 8.49. The maximum Gasteiger partial charge on any atom is 0.313 e. The highest BCUT2D eigenvalue weighted by Crippen LogP contribution is 2.21. The molecule has 0 aliphatic rings. The minimum absolute atomic E-state index is 0.0552. The molecule has 1 amide bonds. The Bertz CT molecular complexity index is 716. The average Bonchev–Trinajstić information content (AvgIpc) is 2.91. The largest absolute Gasteiger partial charge is 0.481 e. The summed E-state index contributed by atoms with van der Waals surface area (Å²) in [5.41, 5.74) is 2.11. The second-order valence-electron chi connectivity index (χ2n) is 5.08. The first-order valence-corrected chi connectivity index (χ1v) is 8.59. The summed E-state index contributed by atoms with van der Waals surface area (Å²) < 4.78 is 14.7. The van der Waals surface area contributed by atoms with Crippen molar-refractivity contribution in [3.63, 3.8) is 0 Å². The van der Waals surface area contributed by atoms with Crippen molar-refractivity contribution in [2.75, 3.05) is 16.8 Å². The number of amides is 1. The summed E-state index contributed by atoms with van der Waals surface area (Å²) in [7, 11) is 0. The van der Waals surface area contributed by atoms with Crippen LogP contribution in [0.5, 0.6) is 0 Å². The first kappa shape index (κ1) is 18.0. The summed E-state index contributed by atoms with van der Waals surface area (Å²) in [6, 6.07) is 5.95. The topological polar surface area (TPSA) is 84.2 Å². The van der Waals surface area contributed by atoms with Crippen molar-refractivity contribution < 1.29 is 19.1 Å². The quantitative estimate of drug-likeness (QED) is 0.764. The number of nitrogens with zero attached hydrogens (tertiary/aromatic N) is 2.